The van der Waals surface area contributed by atoms with Gasteiger partial charge in [-0.1, -0.05) is 97.6 Å². The van der Waals surface area contributed by atoms with Crippen molar-refractivity contribution in [3.63, 3.8) is 0 Å². The Morgan fingerprint density at radius 1 is 0.875 bits per heavy atom. The molecule has 0 bridgehead atoms. The van der Waals surface area contributed by atoms with E-state index in [1.165, 1.54) is 0 Å². The van der Waals surface area contributed by atoms with Crippen molar-refractivity contribution in [3.8, 4) is 11.4 Å². The second-order valence-corrected chi connectivity index (χ2v) is 7.79. The lowest BCUT2D eigenvalue weighted by Crippen LogP contribution is -2.12. The van der Waals surface area contributed by atoms with Gasteiger partial charge in [0.2, 0.25) is 0 Å². The van der Waals surface area contributed by atoms with Gasteiger partial charge < -0.3 is 9.30 Å². The van der Waals surface area contributed by atoms with Crippen molar-refractivity contribution in [2.24, 2.45) is 0 Å². The molecule has 0 unspecified atom stereocenters. The Morgan fingerprint density at radius 2 is 1.44 bits per heavy atom. The molecule has 0 amide bonds. The van der Waals surface area contributed by atoms with Crippen LogP contribution in [0.25, 0.3) is 11.4 Å². The quantitative estimate of drug-likeness (QED) is 0.266. The van der Waals surface area contributed by atoms with Gasteiger partial charge in [0.05, 0.1) is 11.4 Å². The summed E-state index contributed by atoms with van der Waals surface area (Å²) in [6.45, 7) is 6.13. The van der Waals surface area contributed by atoms with E-state index < -0.39 is 5.97 Å². The van der Waals surface area contributed by atoms with Crippen LogP contribution < -0.4 is 0 Å². The van der Waals surface area contributed by atoms with Crippen LogP contribution in [0.1, 0.15) is 29.4 Å². The predicted molar refractivity (Wildman–Crippen MR) is 127 cm³/mol. The van der Waals surface area contributed by atoms with Crippen molar-refractivity contribution < 1.29 is 9.53 Å². The van der Waals surface area contributed by atoms with Crippen LogP contribution in [0.4, 0.5) is 0 Å². The molecule has 0 saturated heterocycles. The molecule has 0 atom stereocenters. The van der Waals surface area contributed by atoms with Gasteiger partial charge in [-0.2, -0.15) is 0 Å². The molecule has 160 valence electrons. The summed E-state index contributed by atoms with van der Waals surface area (Å²) >= 11 is 0. The molecule has 4 aromatic rings. The van der Waals surface area contributed by atoms with Crippen LogP contribution in [0.2, 0.25) is 0 Å². The molecule has 4 nitrogen and oxygen atoms in total. The number of carbonyl (C=O) groups is 1. The van der Waals surface area contributed by atoms with Gasteiger partial charge in [0.15, 0.2) is 0 Å². The summed E-state index contributed by atoms with van der Waals surface area (Å²) in [4.78, 5) is 17.2. The lowest BCUT2D eigenvalue weighted by Gasteiger charge is -2.14. The lowest BCUT2D eigenvalue weighted by atomic mass is 10.1. The number of nitrogens with zero attached hydrogens (tertiary/aromatic N) is 2. The molecular formula is C28H26N2O2. The fraction of sp³-hybridized carbons (Fsp3) is 0.143. The molecule has 0 aliphatic heterocycles. The second kappa shape index (κ2) is 9.92. The van der Waals surface area contributed by atoms with Crippen molar-refractivity contribution in [2.45, 2.75) is 26.5 Å². The largest absolute Gasteiger partial charge is 0.456 e. The fourth-order valence-corrected chi connectivity index (χ4v) is 3.63. The van der Waals surface area contributed by atoms with Crippen molar-refractivity contribution in [1.82, 2.24) is 9.55 Å². The summed E-state index contributed by atoms with van der Waals surface area (Å²) in [5.74, 6) is 0.464. The van der Waals surface area contributed by atoms with Crippen molar-refractivity contribution >= 4 is 5.97 Å². The van der Waals surface area contributed by atoms with Crippen molar-refractivity contribution in [1.29, 1.82) is 0 Å². The maximum atomic E-state index is 12.2. The molecule has 4 heteroatoms. The van der Waals surface area contributed by atoms with Crippen LogP contribution in [-0.2, 0) is 29.1 Å². The molecule has 0 N–H and O–H groups in total. The van der Waals surface area contributed by atoms with E-state index in [4.69, 9.17) is 9.72 Å². The first-order valence-electron chi connectivity index (χ1n) is 10.7. The molecule has 0 saturated carbocycles. The summed E-state index contributed by atoms with van der Waals surface area (Å²) < 4.78 is 7.76. The standard InChI is InChI=1S/C28H26N2O2/c1-21(2)28(31)32-20-26-25(18-22-12-6-3-7-13-22)29-27(24-16-10-5-11-17-24)30(26)19-23-14-8-4-9-15-23/h3-17H,1,18-20H2,2H3. The average Bonchev–Trinajstić information content (AvgIpc) is 3.15. The molecule has 0 fully saturated rings. The van der Waals surface area contributed by atoms with E-state index in [2.05, 4.69) is 47.5 Å². The maximum Gasteiger partial charge on any atom is 0.333 e. The predicted octanol–water partition coefficient (Wildman–Crippen LogP) is 5.81. The van der Waals surface area contributed by atoms with E-state index in [1.807, 2.05) is 54.6 Å². The van der Waals surface area contributed by atoms with Crippen molar-refractivity contribution in [3.05, 3.63) is 126 Å². The topological polar surface area (TPSA) is 44.1 Å². The van der Waals surface area contributed by atoms with Gasteiger partial charge in [-0.25, -0.2) is 9.78 Å². The minimum atomic E-state index is -0.399. The normalized spacial score (nSPS) is 10.7. The molecule has 0 spiro atoms. The monoisotopic (exact) mass is 422 g/mol. The van der Waals surface area contributed by atoms with Crippen LogP contribution in [0.3, 0.4) is 0 Å². The third-order valence-corrected chi connectivity index (χ3v) is 5.27. The number of carbonyl (C=O) groups excluding carboxylic acids is 1. The van der Waals surface area contributed by atoms with E-state index in [-0.39, 0.29) is 6.61 Å². The molecule has 0 aliphatic carbocycles. The number of benzene rings is 3. The second-order valence-electron chi connectivity index (χ2n) is 7.79. The van der Waals surface area contributed by atoms with E-state index >= 15 is 0 Å². The number of rotatable bonds is 8. The smallest absolute Gasteiger partial charge is 0.333 e. The van der Waals surface area contributed by atoms with Crippen LogP contribution in [-0.4, -0.2) is 15.5 Å². The Bertz CT molecular complexity index is 1200. The number of aromatic nitrogens is 2. The summed E-state index contributed by atoms with van der Waals surface area (Å²) in [5.41, 5.74) is 5.51. The third-order valence-electron chi connectivity index (χ3n) is 5.27. The minimum Gasteiger partial charge on any atom is -0.456 e. The molecule has 3 aromatic carbocycles. The fourth-order valence-electron chi connectivity index (χ4n) is 3.63. The molecule has 0 radical (unpaired) electrons. The highest BCUT2D eigenvalue weighted by atomic mass is 16.5. The Labute approximate surface area is 188 Å². The molecule has 1 aromatic heterocycles. The average molecular weight is 423 g/mol. The number of esters is 1. The lowest BCUT2D eigenvalue weighted by molar-refractivity contribution is -0.140. The van der Waals surface area contributed by atoms with E-state index in [0.29, 0.717) is 18.5 Å². The van der Waals surface area contributed by atoms with E-state index in [1.54, 1.807) is 6.92 Å². The van der Waals surface area contributed by atoms with Crippen LogP contribution >= 0.6 is 0 Å². The first-order chi connectivity index (χ1) is 15.6. The number of imidazole rings is 1. The highest BCUT2D eigenvalue weighted by Crippen LogP contribution is 2.26. The molecular weight excluding hydrogens is 396 g/mol. The Hall–Kier alpha value is -3.92. The van der Waals surface area contributed by atoms with Gasteiger partial charge in [-0.05, 0) is 18.1 Å². The van der Waals surface area contributed by atoms with Gasteiger partial charge in [-0.15, -0.1) is 0 Å². The minimum absolute atomic E-state index is 0.139. The van der Waals surface area contributed by atoms with Crippen LogP contribution in [0, 0.1) is 0 Å². The van der Waals surface area contributed by atoms with Crippen LogP contribution in [0.15, 0.2) is 103 Å². The highest BCUT2D eigenvalue weighted by Gasteiger charge is 2.20. The van der Waals surface area contributed by atoms with Gasteiger partial charge in [0, 0.05) is 24.1 Å². The molecule has 4 rings (SSSR count). The number of hydrogen-bond donors (Lipinski definition) is 0. The Balaban J connectivity index is 1.81. The third kappa shape index (κ3) is 5.03. The van der Waals surface area contributed by atoms with Gasteiger partial charge in [0.25, 0.3) is 0 Å². The molecule has 32 heavy (non-hydrogen) atoms. The summed E-state index contributed by atoms with van der Waals surface area (Å²) in [6.07, 6.45) is 0.655. The summed E-state index contributed by atoms with van der Waals surface area (Å²) in [5, 5.41) is 0. The summed E-state index contributed by atoms with van der Waals surface area (Å²) in [6, 6.07) is 30.6. The van der Waals surface area contributed by atoms with Crippen LogP contribution in [0.5, 0.6) is 0 Å². The van der Waals surface area contributed by atoms with E-state index in [9.17, 15) is 4.79 Å². The first-order valence-corrected chi connectivity index (χ1v) is 10.7. The van der Waals surface area contributed by atoms with Gasteiger partial charge in [0.1, 0.15) is 12.4 Å². The SMILES string of the molecule is C=C(C)C(=O)OCc1c(Cc2ccccc2)nc(-c2ccccc2)n1Cc1ccccc1. The number of ether oxygens (including phenoxy) is 1. The maximum absolute atomic E-state index is 12.2. The van der Waals surface area contributed by atoms with Gasteiger partial charge in [-0.3, -0.25) is 0 Å². The summed E-state index contributed by atoms with van der Waals surface area (Å²) in [7, 11) is 0. The van der Waals surface area contributed by atoms with Crippen molar-refractivity contribution in [2.75, 3.05) is 0 Å². The highest BCUT2D eigenvalue weighted by molar-refractivity contribution is 5.86. The zero-order valence-corrected chi connectivity index (χ0v) is 18.2. The zero-order chi connectivity index (χ0) is 22.3. The molecule has 1 heterocycles. The Kier molecular flexibility index (Phi) is 6.61. The number of hydrogen-bond acceptors (Lipinski definition) is 3. The van der Waals surface area contributed by atoms with E-state index in [0.717, 1.165) is 33.9 Å². The molecule has 0 aliphatic rings. The Morgan fingerprint density at radius 3 is 2.03 bits per heavy atom. The van der Waals surface area contributed by atoms with Gasteiger partial charge >= 0.3 is 5.97 Å². The first kappa shape index (κ1) is 21.3. The zero-order valence-electron chi connectivity index (χ0n) is 18.2.